The molecule has 0 aliphatic carbocycles. The van der Waals surface area contributed by atoms with Gasteiger partial charge in [0, 0.05) is 17.8 Å². The van der Waals surface area contributed by atoms with E-state index in [0.29, 0.717) is 17.2 Å². The van der Waals surface area contributed by atoms with Gasteiger partial charge < -0.3 is 14.8 Å². The highest BCUT2D eigenvalue weighted by Crippen LogP contribution is 2.33. The molecule has 10 heteroatoms. The van der Waals surface area contributed by atoms with Gasteiger partial charge in [-0.05, 0) is 12.1 Å². The Hall–Kier alpha value is -3.04. The fraction of sp³-hybridized carbons (Fsp3) is 0.214. The van der Waals surface area contributed by atoms with Crippen LogP contribution in [-0.2, 0) is 6.18 Å². The summed E-state index contributed by atoms with van der Waals surface area (Å²) in [6.45, 7) is 0. The van der Waals surface area contributed by atoms with Crippen molar-refractivity contribution in [2.75, 3.05) is 19.5 Å². The maximum Gasteiger partial charge on any atom is 0.433 e. The number of rotatable bonds is 4. The molecule has 0 aliphatic heterocycles. The molecule has 1 aromatic carbocycles. The van der Waals surface area contributed by atoms with Gasteiger partial charge in [0.1, 0.15) is 12.1 Å². The number of halogens is 3. The number of aromatic nitrogens is 4. The summed E-state index contributed by atoms with van der Waals surface area (Å²) in [5, 5.41) is 6.73. The zero-order valence-electron chi connectivity index (χ0n) is 12.6. The van der Waals surface area contributed by atoms with Crippen molar-refractivity contribution < 1.29 is 22.6 Å². The molecule has 2 aromatic heterocycles. The number of fused-ring (bicyclic) bond motifs is 1. The molecule has 0 spiro atoms. The van der Waals surface area contributed by atoms with Gasteiger partial charge in [-0.1, -0.05) is 0 Å². The van der Waals surface area contributed by atoms with Crippen LogP contribution < -0.4 is 14.8 Å². The van der Waals surface area contributed by atoms with Crippen molar-refractivity contribution in [1.82, 2.24) is 19.6 Å². The molecule has 0 fully saturated rings. The Morgan fingerprint density at radius 3 is 2.50 bits per heavy atom. The smallest absolute Gasteiger partial charge is 0.433 e. The molecular formula is C14H12F3N5O2. The lowest BCUT2D eigenvalue weighted by molar-refractivity contribution is -0.141. The monoisotopic (exact) mass is 339 g/mol. The number of nitrogens with one attached hydrogen (secondary N) is 1. The van der Waals surface area contributed by atoms with Gasteiger partial charge in [0.2, 0.25) is 0 Å². The van der Waals surface area contributed by atoms with E-state index in [-0.39, 0.29) is 11.6 Å². The van der Waals surface area contributed by atoms with E-state index in [2.05, 4.69) is 20.4 Å². The van der Waals surface area contributed by atoms with Gasteiger partial charge in [-0.2, -0.15) is 27.8 Å². The van der Waals surface area contributed by atoms with Crippen LogP contribution in [0.3, 0.4) is 0 Å². The van der Waals surface area contributed by atoms with E-state index in [1.165, 1.54) is 18.7 Å². The average Bonchev–Trinajstić information content (AvgIpc) is 3.02. The predicted octanol–water partition coefficient (Wildman–Crippen LogP) is 2.90. The predicted molar refractivity (Wildman–Crippen MR) is 78.6 cm³/mol. The normalized spacial score (nSPS) is 11.5. The third-order valence-corrected chi connectivity index (χ3v) is 3.20. The van der Waals surface area contributed by atoms with Crippen LogP contribution in [0.15, 0.2) is 30.6 Å². The molecular weight excluding hydrogens is 327 g/mol. The minimum atomic E-state index is -4.60. The first kappa shape index (κ1) is 15.8. The summed E-state index contributed by atoms with van der Waals surface area (Å²) in [4.78, 5) is 7.16. The molecule has 3 rings (SSSR count). The second-order valence-electron chi connectivity index (χ2n) is 4.69. The van der Waals surface area contributed by atoms with Gasteiger partial charge in [0.15, 0.2) is 17.2 Å². The Morgan fingerprint density at radius 2 is 1.83 bits per heavy atom. The number of benzene rings is 1. The Bertz CT molecular complexity index is 878. The molecule has 3 aromatic rings. The van der Waals surface area contributed by atoms with E-state index < -0.39 is 11.9 Å². The van der Waals surface area contributed by atoms with Crippen LogP contribution in [-0.4, -0.2) is 33.8 Å². The SMILES string of the molecule is COc1ccc(Nc2cc(C(F)(F)F)nc3ncnn23)cc1OC. The van der Waals surface area contributed by atoms with Gasteiger partial charge in [0.25, 0.3) is 5.78 Å². The molecule has 1 N–H and O–H groups in total. The average molecular weight is 339 g/mol. The molecule has 0 saturated heterocycles. The third kappa shape index (κ3) is 2.90. The highest BCUT2D eigenvalue weighted by Gasteiger charge is 2.34. The minimum absolute atomic E-state index is 0.0667. The largest absolute Gasteiger partial charge is 0.493 e. The number of alkyl halides is 3. The topological polar surface area (TPSA) is 73.6 Å². The number of hydrogen-bond acceptors (Lipinski definition) is 6. The first-order valence-corrected chi connectivity index (χ1v) is 6.69. The van der Waals surface area contributed by atoms with Crippen LogP contribution in [0.25, 0.3) is 5.78 Å². The molecule has 2 heterocycles. The highest BCUT2D eigenvalue weighted by molar-refractivity contribution is 5.63. The summed E-state index contributed by atoms with van der Waals surface area (Å²) < 4.78 is 50.4. The second-order valence-corrected chi connectivity index (χ2v) is 4.69. The summed E-state index contributed by atoms with van der Waals surface area (Å²) in [5.41, 5.74) is -0.574. The van der Waals surface area contributed by atoms with Crippen LogP contribution in [0.5, 0.6) is 11.5 Å². The summed E-state index contributed by atoms with van der Waals surface area (Å²) in [6, 6.07) is 5.72. The molecule has 0 amide bonds. The van der Waals surface area contributed by atoms with Crippen LogP contribution in [0.1, 0.15) is 5.69 Å². The van der Waals surface area contributed by atoms with Crippen molar-refractivity contribution in [3.05, 3.63) is 36.3 Å². The van der Waals surface area contributed by atoms with E-state index in [4.69, 9.17) is 9.47 Å². The maximum atomic E-state index is 13.0. The summed E-state index contributed by atoms with van der Waals surface area (Å²) in [6.07, 6.45) is -3.47. The highest BCUT2D eigenvalue weighted by atomic mass is 19.4. The molecule has 0 saturated carbocycles. The summed E-state index contributed by atoms with van der Waals surface area (Å²) in [7, 11) is 2.95. The molecule has 24 heavy (non-hydrogen) atoms. The minimum Gasteiger partial charge on any atom is -0.493 e. The lowest BCUT2D eigenvalue weighted by atomic mass is 10.2. The first-order valence-electron chi connectivity index (χ1n) is 6.69. The summed E-state index contributed by atoms with van der Waals surface area (Å²) in [5.74, 6) is 0.840. The van der Waals surface area contributed by atoms with E-state index in [0.717, 1.165) is 12.4 Å². The van der Waals surface area contributed by atoms with Crippen LogP contribution >= 0.6 is 0 Å². The fourth-order valence-electron chi connectivity index (χ4n) is 2.11. The molecule has 0 radical (unpaired) electrons. The number of hydrogen-bond donors (Lipinski definition) is 1. The molecule has 0 aliphatic rings. The molecule has 0 atom stereocenters. The second kappa shape index (κ2) is 5.87. The van der Waals surface area contributed by atoms with E-state index in [1.54, 1.807) is 18.2 Å². The lowest BCUT2D eigenvalue weighted by Crippen LogP contribution is -2.12. The van der Waals surface area contributed by atoms with Crippen LogP contribution in [0, 0.1) is 0 Å². The standard InChI is InChI=1S/C14H12F3N5O2/c1-23-9-4-3-8(5-10(9)24-2)20-12-6-11(14(15,16)17)21-13-18-7-19-22(12)13/h3-7,20H,1-2H3. The number of anilines is 2. The summed E-state index contributed by atoms with van der Waals surface area (Å²) >= 11 is 0. The van der Waals surface area contributed by atoms with E-state index >= 15 is 0 Å². The molecule has 0 bridgehead atoms. The first-order chi connectivity index (χ1) is 11.4. The van der Waals surface area contributed by atoms with Gasteiger partial charge in [-0.25, -0.2) is 4.98 Å². The van der Waals surface area contributed by atoms with Crippen molar-refractivity contribution in [2.45, 2.75) is 6.18 Å². The van der Waals surface area contributed by atoms with Crippen molar-refractivity contribution in [3.63, 3.8) is 0 Å². The van der Waals surface area contributed by atoms with Crippen molar-refractivity contribution >= 4 is 17.3 Å². The Morgan fingerprint density at radius 1 is 1.08 bits per heavy atom. The van der Waals surface area contributed by atoms with Gasteiger partial charge in [-0.15, -0.1) is 0 Å². The zero-order valence-corrected chi connectivity index (χ0v) is 12.6. The van der Waals surface area contributed by atoms with Gasteiger partial charge in [0.05, 0.1) is 14.2 Å². The van der Waals surface area contributed by atoms with Crippen molar-refractivity contribution in [1.29, 1.82) is 0 Å². The fourth-order valence-corrected chi connectivity index (χ4v) is 2.11. The molecule has 126 valence electrons. The van der Waals surface area contributed by atoms with Gasteiger partial charge in [-0.3, -0.25) is 0 Å². The maximum absolute atomic E-state index is 13.0. The van der Waals surface area contributed by atoms with Crippen LogP contribution in [0.4, 0.5) is 24.7 Å². The van der Waals surface area contributed by atoms with E-state index in [9.17, 15) is 13.2 Å². The Balaban J connectivity index is 2.05. The van der Waals surface area contributed by atoms with Crippen molar-refractivity contribution in [3.8, 4) is 11.5 Å². The Labute approximate surface area is 134 Å². The molecule has 7 nitrogen and oxygen atoms in total. The van der Waals surface area contributed by atoms with E-state index in [1.807, 2.05) is 0 Å². The zero-order chi connectivity index (χ0) is 17.3. The van der Waals surface area contributed by atoms with Gasteiger partial charge >= 0.3 is 6.18 Å². The number of ether oxygens (including phenoxy) is 2. The quantitative estimate of drug-likeness (QED) is 0.788. The lowest BCUT2D eigenvalue weighted by Gasteiger charge is -2.13. The molecule has 0 unspecified atom stereocenters. The number of nitrogens with zero attached hydrogens (tertiary/aromatic N) is 4. The van der Waals surface area contributed by atoms with Crippen LogP contribution in [0.2, 0.25) is 0 Å². The van der Waals surface area contributed by atoms with Crippen molar-refractivity contribution in [2.24, 2.45) is 0 Å². The third-order valence-electron chi connectivity index (χ3n) is 3.20. The number of methoxy groups -OCH3 is 2. The Kier molecular flexibility index (Phi) is 3.87.